The molecular weight excluding hydrogens is 232 g/mol. The van der Waals surface area contributed by atoms with Crippen molar-refractivity contribution in [2.45, 2.75) is 59.0 Å². The molecule has 0 aromatic carbocycles. The third-order valence-electron chi connectivity index (χ3n) is 2.70. The van der Waals surface area contributed by atoms with Gasteiger partial charge in [-0.25, -0.2) is 9.59 Å². The minimum atomic E-state index is -0.627. The molecule has 2 N–H and O–H groups in total. The monoisotopic (exact) mass is 258 g/mol. The number of esters is 1. The van der Waals surface area contributed by atoms with Gasteiger partial charge in [0.05, 0.1) is 7.11 Å². The van der Waals surface area contributed by atoms with Gasteiger partial charge < -0.3 is 15.4 Å². The smallest absolute Gasteiger partial charge is 0.328 e. The molecule has 5 nitrogen and oxygen atoms in total. The van der Waals surface area contributed by atoms with Crippen molar-refractivity contribution in [2.75, 3.05) is 7.11 Å². The van der Waals surface area contributed by atoms with Gasteiger partial charge in [0.1, 0.15) is 6.04 Å². The Labute approximate surface area is 110 Å². The molecule has 0 saturated heterocycles. The fraction of sp³-hybridized carbons (Fsp3) is 0.846. The summed E-state index contributed by atoms with van der Waals surface area (Å²) in [4.78, 5) is 22.7. The van der Waals surface area contributed by atoms with Crippen molar-refractivity contribution in [1.29, 1.82) is 0 Å². The molecule has 0 fully saturated rings. The van der Waals surface area contributed by atoms with Crippen LogP contribution in [0.3, 0.4) is 0 Å². The lowest BCUT2D eigenvalue weighted by Crippen LogP contribution is -2.47. The Balaban J connectivity index is 3.83. The molecule has 0 heterocycles. The summed E-state index contributed by atoms with van der Waals surface area (Å²) in [7, 11) is 1.30. The van der Waals surface area contributed by atoms with Crippen LogP contribution >= 0.6 is 0 Å². The van der Waals surface area contributed by atoms with Crippen molar-refractivity contribution in [3.63, 3.8) is 0 Å². The van der Waals surface area contributed by atoms with Gasteiger partial charge in [0, 0.05) is 6.04 Å². The minimum Gasteiger partial charge on any atom is -0.467 e. The maximum atomic E-state index is 11.6. The van der Waals surface area contributed by atoms with E-state index in [-0.39, 0.29) is 12.1 Å². The van der Waals surface area contributed by atoms with Gasteiger partial charge in [-0.1, -0.05) is 26.7 Å². The first-order valence-electron chi connectivity index (χ1n) is 6.51. The number of methoxy groups -OCH3 is 1. The molecule has 0 aliphatic rings. The standard InChI is InChI=1S/C13H26N2O3/c1-9(2)7-6-8-10(3)14-13(17)15-11(4)12(16)18-5/h9-11H,6-8H2,1-5H3,(H2,14,15,17). The van der Waals surface area contributed by atoms with E-state index in [9.17, 15) is 9.59 Å². The molecule has 0 rings (SSSR count). The van der Waals surface area contributed by atoms with Gasteiger partial charge >= 0.3 is 12.0 Å². The highest BCUT2D eigenvalue weighted by molar-refractivity contribution is 5.83. The number of carbonyl (C=O) groups excluding carboxylic acids is 2. The average Bonchev–Trinajstić information content (AvgIpc) is 2.26. The molecule has 5 heteroatoms. The largest absolute Gasteiger partial charge is 0.467 e. The van der Waals surface area contributed by atoms with Crippen LogP contribution in [0.1, 0.15) is 47.0 Å². The van der Waals surface area contributed by atoms with Crippen molar-refractivity contribution >= 4 is 12.0 Å². The molecule has 0 saturated carbocycles. The Kier molecular flexibility index (Phi) is 8.16. The van der Waals surface area contributed by atoms with Crippen LogP contribution in [0.15, 0.2) is 0 Å². The van der Waals surface area contributed by atoms with E-state index in [0.29, 0.717) is 5.92 Å². The highest BCUT2D eigenvalue weighted by Gasteiger charge is 2.16. The van der Waals surface area contributed by atoms with Gasteiger partial charge in [-0.2, -0.15) is 0 Å². The average molecular weight is 258 g/mol. The fourth-order valence-corrected chi connectivity index (χ4v) is 1.60. The third kappa shape index (κ3) is 7.92. The maximum absolute atomic E-state index is 11.6. The third-order valence-corrected chi connectivity index (χ3v) is 2.70. The topological polar surface area (TPSA) is 67.4 Å². The Morgan fingerprint density at radius 3 is 2.17 bits per heavy atom. The normalized spacial score (nSPS) is 13.9. The number of urea groups is 1. The number of carbonyl (C=O) groups is 2. The molecule has 2 amide bonds. The van der Waals surface area contributed by atoms with Gasteiger partial charge in [-0.15, -0.1) is 0 Å². The molecule has 0 bridgehead atoms. The van der Waals surface area contributed by atoms with Crippen LogP contribution in [0.2, 0.25) is 0 Å². The fourth-order valence-electron chi connectivity index (χ4n) is 1.60. The Morgan fingerprint density at radius 2 is 1.67 bits per heavy atom. The van der Waals surface area contributed by atoms with Gasteiger partial charge in [-0.3, -0.25) is 0 Å². The lowest BCUT2D eigenvalue weighted by molar-refractivity contribution is -0.142. The number of ether oxygens (including phenoxy) is 1. The first-order chi connectivity index (χ1) is 8.36. The summed E-state index contributed by atoms with van der Waals surface area (Å²) < 4.78 is 4.53. The van der Waals surface area contributed by atoms with Crippen LogP contribution in [0.5, 0.6) is 0 Å². The zero-order chi connectivity index (χ0) is 14.1. The van der Waals surface area contributed by atoms with Gasteiger partial charge in [0.25, 0.3) is 0 Å². The highest BCUT2D eigenvalue weighted by Crippen LogP contribution is 2.08. The number of hydrogen-bond donors (Lipinski definition) is 2. The lowest BCUT2D eigenvalue weighted by atomic mass is 10.0. The summed E-state index contributed by atoms with van der Waals surface area (Å²) in [5.41, 5.74) is 0. The number of hydrogen-bond acceptors (Lipinski definition) is 3. The Bertz CT molecular complexity index is 267. The zero-order valence-electron chi connectivity index (χ0n) is 12.1. The molecule has 0 aromatic heterocycles. The highest BCUT2D eigenvalue weighted by atomic mass is 16.5. The second-order valence-electron chi connectivity index (χ2n) is 5.09. The zero-order valence-corrected chi connectivity index (χ0v) is 12.1. The summed E-state index contributed by atoms with van der Waals surface area (Å²) in [5, 5.41) is 5.34. The molecule has 0 spiro atoms. The van der Waals surface area contributed by atoms with E-state index in [1.54, 1.807) is 6.92 Å². The summed E-state index contributed by atoms with van der Waals surface area (Å²) in [6, 6.07) is -0.851. The van der Waals surface area contributed by atoms with E-state index in [4.69, 9.17) is 0 Å². The first-order valence-corrected chi connectivity index (χ1v) is 6.51. The van der Waals surface area contributed by atoms with Crippen LogP contribution in [0, 0.1) is 5.92 Å². The molecule has 0 aromatic rings. The van der Waals surface area contributed by atoms with Crippen molar-refractivity contribution in [1.82, 2.24) is 10.6 Å². The van der Waals surface area contributed by atoms with Gasteiger partial charge in [0.15, 0.2) is 0 Å². The van der Waals surface area contributed by atoms with Gasteiger partial charge in [-0.05, 0) is 26.2 Å². The van der Waals surface area contributed by atoms with E-state index in [2.05, 4.69) is 29.2 Å². The Hall–Kier alpha value is -1.26. The van der Waals surface area contributed by atoms with Crippen LogP contribution in [-0.2, 0) is 9.53 Å². The number of nitrogens with one attached hydrogen (secondary N) is 2. The summed E-state index contributed by atoms with van der Waals surface area (Å²) in [5.74, 6) is 0.239. The van der Waals surface area contributed by atoms with E-state index in [1.807, 2.05) is 6.92 Å². The summed E-state index contributed by atoms with van der Waals surface area (Å²) >= 11 is 0. The van der Waals surface area contributed by atoms with Crippen molar-refractivity contribution in [3.05, 3.63) is 0 Å². The van der Waals surface area contributed by atoms with Crippen molar-refractivity contribution < 1.29 is 14.3 Å². The quantitative estimate of drug-likeness (QED) is 0.687. The van der Waals surface area contributed by atoms with Crippen LogP contribution in [0.25, 0.3) is 0 Å². The molecule has 18 heavy (non-hydrogen) atoms. The van der Waals surface area contributed by atoms with E-state index in [1.165, 1.54) is 7.11 Å². The minimum absolute atomic E-state index is 0.105. The molecule has 0 aliphatic carbocycles. The predicted molar refractivity (Wildman–Crippen MR) is 71.3 cm³/mol. The molecule has 2 atom stereocenters. The second-order valence-corrected chi connectivity index (χ2v) is 5.09. The van der Waals surface area contributed by atoms with Gasteiger partial charge in [0.2, 0.25) is 0 Å². The first kappa shape index (κ1) is 16.7. The predicted octanol–water partition coefficient (Wildman–Crippen LogP) is 2.06. The molecule has 0 aliphatic heterocycles. The van der Waals surface area contributed by atoms with Crippen LogP contribution < -0.4 is 10.6 Å². The summed E-state index contributed by atoms with van der Waals surface area (Å²) in [6.45, 7) is 7.92. The molecule has 2 unspecified atom stereocenters. The van der Waals surface area contributed by atoms with Crippen LogP contribution in [0.4, 0.5) is 4.79 Å². The Morgan fingerprint density at radius 1 is 1.06 bits per heavy atom. The second kappa shape index (κ2) is 8.78. The lowest BCUT2D eigenvalue weighted by Gasteiger charge is -2.17. The molecule has 0 radical (unpaired) electrons. The van der Waals surface area contributed by atoms with E-state index >= 15 is 0 Å². The molecular formula is C13H26N2O3. The maximum Gasteiger partial charge on any atom is 0.328 e. The SMILES string of the molecule is COC(=O)C(C)NC(=O)NC(C)CCCC(C)C. The van der Waals surface area contributed by atoms with E-state index < -0.39 is 12.0 Å². The molecule has 106 valence electrons. The number of amides is 2. The number of rotatable bonds is 7. The van der Waals surface area contributed by atoms with E-state index in [0.717, 1.165) is 19.3 Å². The van der Waals surface area contributed by atoms with Crippen molar-refractivity contribution in [2.24, 2.45) is 5.92 Å². The van der Waals surface area contributed by atoms with Crippen molar-refractivity contribution in [3.8, 4) is 0 Å². The summed E-state index contributed by atoms with van der Waals surface area (Å²) in [6.07, 6.45) is 3.19. The van der Waals surface area contributed by atoms with Crippen LogP contribution in [-0.4, -0.2) is 31.2 Å².